The summed E-state index contributed by atoms with van der Waals surface area (Å²) >= 11 is 0. The van der Waals surface area contributed by atoms with Crippen LogP contribution in [0.15, 0.2) is 42.5 Å². The number of rotatable bonds is 3. The summed E-state index contributed by atoms with van der Waals surface area (Å²) in [5.74, 6) is -0.194. The second kappa shape index (κ2) is 10.0. The second-order valence-electron chi connectivity index (χ2n) is 12.0. The summed E-state index contributed by atoms with van der Waals surface area (Å²) in [5, 5.41) is 13.7. The van der Waals surface area contributed by atoms with Gasteiger partial charge in [-0.05, 0) is 73.1 Å². The van der Waals surface area contributed by atoms with Crippen molar-refractivity contribution >= 4 is 17.5 Å². The van der Waals surface area contributed by atoms with Gasteiger partial charge in [-0.2, -0.15) is 0 Å². The Morgan fingerprint density at radius 1 is 0.816 bits per heavy atom. The van der Waals surface area contributed by atoms with Crippen molar-refractivity contribution in [2.45, 2.75) is 76.0 Å². The maximum atomic E-state index is 13.1. The Morgan fingerprint density at radius 2 is 1.42 bits per heavy atom. The molecule has 2 aromatic rings. The van der Waals surface area contributed by atoms with E-state index < -0.39 is 5.60 Å². The van der Waals surface area contributed by atoms with Crippen molar-refractivity contribution in [3.63, 3.8) is 0 Å². The Labute approximate surface area is 225 Å². The molecule has 2 amide bonds. The summed E-state index contributed by atoms with van der Waals surface area (Å²) in [7, 11) is 0. The van der Waals surface area contributed by atoms with Gasteiger partial charge in [0.1, 0.15) is 5.60 Å². The van der Waals surface area contributed by atoms with Crippen LogP contribution in [-0.2, 0) is 11.2 Å². The monoisotopic (exact) mass is 516 g/mol. The molecule has 0 radical (unpaired) electrons. The third kappa shape index (κ3) is 4.82. The summed E-state index contributed by atoms with van der Waals surface area (Å²) < 4.78 is 0. The molecule has 4 aliphatic rings. The Bertz CT molecular complexity index is 1190. The summed E-state index contributed by atoms with van der Waals surface area (Å²) in [6, 6.07) is 14.5. The van der Waals surface area contributed by atoms with Crippen LogP contribution in [0.3, 0.4) is 0 Å². The zero-order valence-corrected chi connectivity index (χ0v) is 22.3. The van der Waals surface area contributed by atoms with Gasteiger partial charge in [0, 0.05) is 42.8 Å². The van der Waals surface area contributed by atoms with Crippen molar-refractivity contribution in [3.05, 3.63) is 53.6 Å². The van der Waals surface area contributed by atoms with Crippen LogP contribution in [-0.4, -0.2) is 64.7 Å². The molecule has 7 heteroatoms. The molecule has 2 saturated carbocycles. The Hall–Kier alpha value is -2.90. The molecule has 1 atom stereocenters. The molecule has 3 fully saturated rings. The van der Waals surface area contributed by atoms with Crippen molar-refractivity contribution in [1.82, 2.24) is 9.80 Å². The maximum absolute atomic E-state index is 13.1. The van der Waals surface area contributed by atoms with Gasteiger partial charge in [0.15, 0.2) is 0 Å². The lowest BCUT2D eigenvalue weighted by Crippen LogP contribution is -2.53. The first-order valence-electron chi connectivity index (χ1n) is 14.4. The highest BCUT2D eigenvalue weighted by Gasteiger charge is 2.50. The smallest absolute Gasteiger partial charge is 0.254 e. The number of hydrogen-bond donors (Lipinski definition) is 3. The van der Waals surface area contributed by atoms with E-state index >= 15 is 0 Å². The Kier molecular flexibility index (Phi) is 6.68. The largest absolute Gasteiger partial charge is 0.380 e. The number of nitrogens with zero attached hydrogens (tertiary/aromatic N) is 2. The number of aliphatic hydroxyl groups is 1. The maximum Gasteiger partial charge on any atom is 0.254 e. The standard InChI is InChI=1S/C31H40N4O3/c32-28-30(12-4-2-1-3-5-13-30)21-25-20-24(10-11-26(25)33-28)22-6-8-23(9-7-22)27(36)34-16-18-35(19-17-34)29(37)31(38)14-15-31/h6-11,20,28,33,38H,1-5,12-19,21,32H2. The summed E-state index contributed by atoms with van der Waals surface area (Å²) in [4.78, 5) is 29.0. The number of nitrogens with two attached hydrogens (primary N) is 1. The van der Waals surface area contributed by atoms with E-state index in [0.717, 1.165) is 23.2 Å². The van der Waals surface area contributed by atoms with Crippen LogP contribution >= 0.6 is 0 Å². The van der Waals surface area contributed by atoms with Gasteiger partial charge in [-0.25, -0.2) is 0 Å². The molecule has 4 N–H and O–H groups in total. The van der Waals surface area contributed by atoms with E-state index in [2.05, 4.69) is 23.5 Å². The third-order valence-electron chi connectivity index (χ3n) is 9.41. The van der Waals surface area contributed by atoms with E-state index in [1.807, 2.05) is 24.3 Å². The molecular formula is C31H40N4O3. The molecule has 38 heavy (non-hydrogen) atoms. The first-order chi connectivity index (χ1) is 18.4. The van der Waals surface area contributed by atoms with E-state index in [0.29, 0.717) is 44.6 Å². The lowest BCUT2D eigenvalue weighted by atomic mass is 9.68. The van der Waals surface area contributed by atoms with E-state index in [4.69, 9.17) is 5.73 Å². The molecule has 1 saturated heterocycles. The number of anilines is 1. The predicted octanol–water partition coefficient (Wildman–Crippen LogP) is 4.15. The number of nitrogens with one attached hydrogen (secondary N) is 1. The Balaban J connectivity index is 1.13. The van der Waals surface area contributed by atoms with E-state index in [9.17, 15) is 14.7 Å². The van der Waals surface area contributed by atoms with Gasteiger partial charge in [-0.1, -0.05) is 50.3 Å². The molecule has 7 nitrogen and oxygen atoms in total. The van der Waals surface area contributed by atoms with Gasteiger partial charge < -0.3 is 26.0 Å². The Morgan fingerprint density at radius 3 is 2.08 bits per heavy atom. The SMILES string of the molecule is NC1Nc2ccc(-c3ccc(C(=O)N4CCN(C(=O)C5(O)CC5)CC4)cc3)cc2CC12CCCCCCC2. The van der Waals surface area contributed by atoms with Crippen LogP contribution in [0.1, 0.15) is 73.7 Å². The topological polar surface area (TPSA) is 98.9 Å². The number of piperazine rings is 1. The number of amides is 2. The van der Waals surface area contributed by atoms with Crippen molar-refractivity contribution in [3.8, 4) is 11.1 Å². The van der Waals surface area contributed by atoms with Crippen LogP contribution in [0.2, 0.25) is 0 Å². The van der Waals surface area contributed by atoms with Gasteiger partial charge in [0.05, 0.1) is 6.17 Å². The van der Waals surface area contributed by atoms with Crippen molar-refractivity contribution in [2.24, 2.45) is 11.1 Å². The van der Waals surface area contributed by atoms with Crippen LogP contribution < -0.4 is 11.1 Å². The molecule has 2 aliphatic heterocycles. The second-order valence-corrected chi connectivity index (χ2v) is 12.0. The molecule has 2 aromatic carbocycles. The average molecular weight is 517 g/mol. The van der Waals surface area contributed by atoms with Crippen molar-refractivity contribution < 1.29 is 14.7 Å². The summed E-state index contributed by atoms with van der Waals surface area (Å²) in [6.07, 6.45) is 11.0. The third-order valence-corrected chi connectivity index (χ3v) is 9.41. The van der Waals surface area contributed by atoms with E-state index in [1.54, 1.807) is 9.80 Å². The zero-order chi connectivity index (χ0) is 26.3. The molecular weight excluding hydrogens is 476 g/mol. The molecule has 1 unspecified atom stereocenters. The van der Waals surface area contributed by atoms with Gasteiger partial charge in [-0.15, -0.1) is 0 Å². The minimum Gasteiger partial charge on any atom is -0.380 e. The number of carbonyl (C=O) groups excluding carboxylic acids is 2. The molecule has 0 aromatic heterocycles. The first-order valence-corrected chi connectivity index (χ1v) is 14.4. The fourth-order valence-corrected chi connectivity index (χ4v) is 6.69. The average Bonchev–Trinajstić information content (AvgIpc) is 3.68. The highest BCUT2D eigenvalue weighted by molar-refractivity contribution is 5.95. The van der Waals surface area contributed by atoms with Crippen LogP contribution in [0.5, 0.6) is 0 Å². The minimum absolute atomic E-state index is 0.00250. The number of benzene rings is 2. The molecule has 6 rings (SSSR count). The van der Waals surface area contributed by atoms with Gasteiger partial charge in [0.2, 0.25) is 0 Å². The lowest BCUT2D eigenvalue weighted by Gasteiger charge is -2.45. The normalized spacial score (nSPS) is 24.1. The van der Waals surface area contributed by atoms with Crippen molar-refractivity contribution in [2.75, 3.05) is 31.5 Å². The van der Waals surface area contributed by atoms with Crippen molar-refractivity contribution in [1.29, 1.82) is 0 Å². The van der Waals surface area contributed by atoms with E-state index in [-0.39, 0.29) is 23.4 Å². The molecule has 0 bridgehead atoms. The minimum atomic E-state index is -1.14. The van der Waals surface area contributed by atoms with Crippen LogP contribution in [0, 0.1) is 5.41 Å². The highest BCUT2D eigenvalue weighted by atomic mass is 16.3. The fourth-order valence-electron chi connectivity index (χ4n) is 6.69. The van der Waals surface area contributed by atoms with Gasteiger partial charge in [-0.3, -0.25) is 9.59 Å². The van der Waals surface area contributed by atoms with E-state index in [1.165, 1.54) is 50.5 Å². The zero-order valence-electron chi connectivity index (χ0n) is 22.3. The predicted molar refractivity (Wildman–Crippen MR) is 149 cm³/mol. The number of fused-ring (bicyclic) bond motifs is 1. The number of carbonyl (C=O) groups is 2. The number of hydrogen-bond acceptors (Lipinski definition) is 5. The molecule has 2 heterocycles. The summed E-state index contributed by atoms with van der Waals surface area (Å²) in [5.41, 5.74) is 11.1. The van der Waals surface area contributed by atoms with Gasteiger partial charge >= 0.3 is 0 Å². The molecule has 1 spiro atoms. The fraction of sp³-hybridized carbons (Fsp3) is 0.548. The summed E-state index contributed by atoms with van der Waals surface area (Å²) in [6.45, 7) is 1.92. The quantitative estimate of drug-likeness (QED) is 0.569. The van der Waals surface area contributed by atoms with Crippen LogP contribution in [0.4, 0.5) is 5.69 Å². The first kappa shape index (κ1) is 25.4. The molecule has 2 aliphatic carbocycles. The lowest BCUT2D eigenvalue weighted by molar-refractivity contribution is -0.143. The van der Waals surface area contributed by atoms with Gasteiger partial charge in [0.25, 0.3) is 11.8 Å². The molecule has 202 valence electrons. The highest BCUT2D eigenvalue weighted by Crippen LogP contribution is 2.45. The van der Waals surface area contributed by atoms with Crippen LogP contribution in [0.25, 0.3) is 11.1 Å².